The van der Waals surface area contributed by atoms with Crippen molar-refractivity contribution in [3.05, 3.63) is 146 Å². The van der Waals surface area contributed by atoms with E-state index in [9.17, 15) is 0 Å². The Morgan fingerprint density at radius 3 is 2.08 bits per heavy atom. The maximum atomic E-state index is 3.57. The zero-order chi connectivity index (χ0) is 25.8. The predicted molar refractivity (Wildman–Crippen MR) is 165 cm³/mol. The molecule has 1 N–H and O–H groups in total. The summed E-state index contributed by atoms with van der Waals surface area (Å²) in [4.78, 5) is 5.91. The molecular weight excluding hydrogens is 474 g/mol. The lowest BCUT2D eigenvalue weighted by atomic mass is 10.1. The first kappa shape index (κ1) is 21.8. The van der Waals surface area contributed by atoms with E-state index in [0.717, 1.165) is 17.1 Å². The van der Waals surface area contributed by atoms with Crippen molar-refractivity contribution in [1.82, 2.24) is 9.55 Å². The fourth-order valence-corrected chi connectivity index (χ4v) is 5.88. The Kier molecular flexibility index (Phi) is 4.82. The standard InChI is InChI=1S/C36H25N3/c1-2-11-28(12-3-1)39(35-16-8-10-25-9-4-5-13-30(25)35)29-19-17-27(18-20-29)38-22-21-26-23-34-32(24-36(26)38)31-14-6-7-15-33(31)37-34/h1-24,37H. The molecule has 6 aromatic carbocycles. The second-order valence-corrected chi connectivity index (χ2v) is 10.00. The minimum absolute atomic E-state index is 1.12. The number of aromatic nitrogens is 2. The van der Waals surface area contributed by atoms with E-state index in [2.05, 4.69) is 160 Å². The van der Waals surface area contributed by atoms with Crippen LogP contribution in [0.15, 0.2) is 146 Å². The normalized spacial score (nSPS) is 11.6. The number of rotatable bonds is 4. The predicted octanol–water partition coefficient (Wildman–Crippen LogP) is 9.89. The van der Waals surface area contributed by atoms with Gasteiger partial charge in [0.2, 0.25) is 0 Å². The van der Waals surface area contributed by atoms with Crippen LogP contribution in [0.5, 0.6) is 0 Å². The van der Waals surface area contributed by atoms with Crippen LogP contribution in [-0.2, 0) is 0 Å². The molecule has 3 nitrogen and oxygen atoms in total. The minimum Gasteiger partial charge on any atom is -0.354 e. The van der Waals surface area contributed by atoms with Gasteiger partial charge in [0.15, 0.2) is 0 Å². The third kappa shape index (κ3) is 3.52. The summed E-state index contributed by atoms with van der Waals surface area (Å²) in [5.41, 5.74) is 8.11. The van der Waals surface area contributed by atoms with Gasteiger partial charge in [0.05, 0.1) is 11.2 Å². The molecule has 0 aliphatic heterocycles. The van der Waals surface area contributed by atoms with Crippen LogP contribution in [0.1, 0.15) is 0 Å². The Balaban J connectivity index is 1.26. The van der Waals surface area contributed by atoms with Crippen molar-refractivity contribution in [2.75, 3.05) is 4.90 Å². The highest BCUT2D eigenvalue weighted by Gasteiger charge is 2.15. The van der Waals surface area contributed by atoms with Crippen molar-refractivity contribution in [2.24, 2.45) is 0 Å². The molecule has 2 aromatic heterocycles. The Morgan fingerprint density at radius 1 is 0.487 bits per heavy atom. The lowest BCUT2D eigenvalue weighted by molar-refractivity contribution is 1.13. The fourth-order valence-electron chi connectivity index (χ4n) is 5.88. The molecular formula is C36H25N3. The number of hydrogen-bond acceptors (Lipinski definition) is 1. The Bertz CT molecular complexity index is 2110. The van der Waals surface area contributed by atoms with Crippen molar-refractivity contribution in [3.8, 4) is 5.69 Å². The zero-order valence-electron chi connectivity index (χ0n) is 21.3. The first-order valence-corrected chi connectivity index (χ1v) is 13.3. The van der Waals surface area contributed by atoms with Crippen molar-refractivity contribution in [3.63, 3.8) is 0 Å². The van der Waals surface area contributed by atoms with Crippen LogP contribution in [0.4, 0.5) is 17.1 Å². The van der Waals surface area contributed by atoms with Gasteiger partial charge in [-0.1, -0.05) is 72.8 Å². The molecule has 8 aromatic rings. The SMILES string of the molecule is c1ccc(N(c2ccc(-n3ccc4cc5[nH]c6ccccc6c5cc43)cc2)c2cccc3ccccc23)cc1. The van der Waals surface area contributed by atoms with E-state index in [0.29, 0.717) is 0 Å². The molecule has 0 radical (unpaired) electrons. The van der Waals surface area contributed by atoms with Crippen molar-refractivity contribution in [2.45, 2.75) is 0 Å². The molecule has 39 heavy (non-hydrogen) atoms. The molecule has 2 heterocycles. The fraction of sp³-hybridized carbons (Fsp3) is 0. The van der Waals surface area contributed by atoms with Crippen LogP contribution in [-0.4, -0.2) is 9.55 Å². The summed E-state index contributed by atoms with van der Waals surface area (Å²) in [5.74, 6) is 0. The molecule has 0 unspecified atom stereocenters. The summed E-state index contributed by atoms with van der Waals surface area (Å²) in [7, 11) is 0. The van der Waals surface area contributed by atoms with Gasteiger partial charge in [0, 0.05) is 55.8 Å². The van der Waals surface area contributed by atoms with Crippen LogP contribution < -0.4 is 4.90 Å². The highest BCUT2D eigenvalue weighted by Crippen LogP contribution is 2.39. The molecule has 0 atom stereocenters. The molecule has 3 heteroatoms. The van der Waals surface area contributed by atoms with E-state index in [-0.39, 0.29) is 0 Å². The lowest BCUT2D eigenvalue weighted by Gasteiger charge is -2.27. The van der Waals surface area contributed by atoms with Gasteiger partial charge in [-0.15, -0.1) is 0 Å². The van der Waals surface area contributed by atoms with Gasteiger partial charge in [-0.3, -0.25) is 0 Å². The third-order valence-electron chi connectivity index (χ3n) is 7.72. The summed E-state index contributed by atoms with van der Waals surface area (Å²) in [5, 5.41) is 6.19. The second kappa shape index (κ2) is 8.64. The number of H-pyrrole nitrogens is 1. The van der Waals surface area contributed by atoms with Crippen LogP contribution in [0.25, 0.3) is 49.2 Å². The Morgan fingerprint density at radius 2 is 1.21 bits per heavy atom. The molecule has 0 saturated heterocycles. The zero-order valence-corrected chi connectivity index (χ0v) is 21.3. The number of anilines is 3. The van der Waals surface area contributed by atoms with Gasteiger partial charge < -0.3 is 14.5 Å². The van der Waals surface area contributed by atoms with Crippen LogP contribution in [0.3, 0.4) is 0 Å². The van der Waals surface area contributed by atoms with E-state index in [1.807, 2.05) is 0 Å². The molecule has 0 saturated carbocycles. The van der Waals surface area contributed by atoms with Crippen molar-refractivity contribution >= 4 is 60.5 Å². The molecule has 0 bridgehead atoms. The second-order valence-electron chi connectivity index (χ2n) is 10.00. The molecule has 0 aliphatic rings. The molecule has 8 rings (SSSR count). The Labute approximate surface area is 226 Å². The number of para-hydroxylation sites is 2. The summed E-state index contributed by atoms with van der Waals surface area (Å²) in [6, 6.07) is 49.8. The van der Waals surface area contributed by atoms with Crippen molar-refractivity contribution < 1.29 is 0 Å². The summed E-state index contributed by atoms with van der Waals surface area (Å²) >= 11 is 0. The smallest absolute Gasteiger partial charge is 0.0540 e. The quantitative estimate of drug-likeness (QED) is 0.256. The topological polar surface area (TPSA) is 24.0 Å². The van der Waals surface area contributed by atoms with Gasteiger partial charge in [-0.25, -0.2) is 0 Å². The molecule has 184 valence electrons. The minimum atomic E-state index is 1.12. The van der Waals surface area contributed by atoms with Gasteiger partial charge in [-0.05, 0) is 72.1 Å². The Hall–Kier alpha value is -5.28. The monoisotopic (exact) mass is 499 g/mol. The van der Waals surface area contributed by atoms with Crippen LogP contribution in [0.2, 0.25) is 0 Å². The third-order valence-corrected chi connectivity index (χ3v) is 7.72. The number of nitrogens with one attached hydrogen (secondary N) is 1. The maximum absolute atomic E-state index is 3.57. The van der Waals surface area contributed by atoms with E-state index < -0.39 is 0 Å². The number of hydrogen-bond donors (Lipinski definition) is 1. The van der Waals surface area contributed by atoms with E-state index in [4.69, 9.17) is 0 Å². The highest BCUT2D eigenvalue weighted by atomic mass is 15.1. The van der Waals surface area contributed by atoms with Crippen LogP contribution >= 0.6 is 0 Å². The highest BCUT2D eigenvalue weighted by molar-refractivity contribution is 6.11. The lowest BCUT2D eigenvalue weighted by Crippen LogP contribution is -2.10. The van der Waals surface area contributed by atoms with Gasteiger partial charge in [0.25, 0.3) is 0 Å². The summed E-state index contributed by atoms with van der Waals surface area (Å²) in [6.45, 7) is 0. The number of benzene rings is 6. The largest absolute Gasteiger partial charge is 0.354 e. The van der Waals surface area contributed by atoms with Gasteiger partial charge in [-0.2, -0.15) is 0 Å². The molecule has 0 amide bonds. The molecule has 0 spiro atoms. The van der Waals surface area contributed by atoms with E-state index in [1.54, 1.807) is 0 Å². The van der Waals surface area contributed by atoms with E-state index in [1.165, 1.54) is 49.2 Å². The van der Waals surface area contributed by atoms with Crippen LogP contribution in [0, 0.1) is 0 Å². The number of aromatic amines is 1. The van der Waals surface area contributed by atoms with Gasteiger partial charge >= 0.3 is 0 Å². The number of fused-ring (bicyclic) bond motifs is 5. The maximum Gasteiger partial charge on any atom is 0.0540 e. The average molecular weight is 500 g/mol. The van der Waals surface area contributed by atoms with E-state index >= 15 is 0 Å². The molecule has 0 aliphatic carbocycles. The number of nitrogens with zero attached hydrogens (tertiary/aromatic N) is 2. The average Bonchev–Trinajstić information content (AvgIpc) is 3.58. The first-order valence-electron chi connectivity index (χ1n) is 13.3. The summed E-state index contributed by atoms with van der Waals surface area (Å²) in [6.07, 6.45) is 2.17. The molecule has 0 fully saturated rings. The summed E-state index contributed by atoms with van der Waals surface area (Å²) < 4.78 is 2.28. The van der Waals surface area contributed by atoms with Crippen molar-refractivity contribution in [1.29, 1.82) is 0 Å². The first-order chi connectivity index (χ1) is 19.3. The van der Waals surface area contributed by atoms with Gasteiger partial charge in [0.1, 0.15) is 0 Å².